The first-order valence-corrected chi connectivity index (χ1v) is 10.6. The quantitative estimate of drug-likeness (QED) is 0.229. The third-order valence-corrected chi connectivity index (χ3v) is 4.85. The minimum absolute atomic E-state index is 0.101. The molecule has 0 fully saturated rings. The highest BCUT2D eigenvalue weighted by atomic mass is 35.5. The number of unbranched alkanes of at least 4 members (excludes halogenated alkanes) is 6. The van der Waals surface area contributed by atoms with E-state index in [9.17, 15) is 9.59 Å². The van der Waals surface area contributed by atoms with Crippen molar-refractivity contribution in [2.45, 2.75) is 58.3 Å². The highest BCUT2D eigenvalue weighted by molar-refractivity contribution is 6.32. The molecule has 0 aliphatic heterocycles. The van der Waals surface area contributed by atoms with Crippen molar-refractivity contribution >= 4 is 40.5 Å². The maximum Gasteiger partial charge on any atom is 0.259 e. The van der Waals surface area contributed by atoms with Crippen LogP contribution < -0.4 is 10.7 Å². The lowest BCUT2D eigenvalue weighted by Gasteiger charge is -2.05. The third-order valence-electron chi connectivity index (χ3n) is 4.55. The molecule has 2 rings (SSSR count). The number of nitrogens with zero attached hydrogens (tertiary/aromatic N) is 2. The van der Waals surface area contributed by atoms with E-state index in [4.69, 9.17) is 11.6 Å². The van der Waals surface area contributed by atoms with Gasteiger partial charge in [-0.15, -0.1) is 0 Å². The number of aromatic nitrogens is 1. The molecule has 2 N–H and O–H groups in total. The number of rotatable bonds is 12. The van der Waals surface area contributed by atoms with Crippen LogP contribution >= 0.6 is 11.6 Å². The van der Waals surface area contributed by atoms with E-state index in [1.165, 1.54) is 31.9 Å². The molecule has 0 spiro atoms. The lowest BCUT2D eigenvalue weighted by atomic mass is 10.1. The molecule has 7 heteroatoms. The van der Waals surface area contributed by atoms with Crippen molar-refractivity contribution in [3.05, 3.63) is 41.0 Å². The van der Waals surface area contributed by atoms with Gasteiger partial charge in [0.05, 0.1) is 18.3 Å². The number of fused-ring (bicyclic) bond motifs is 1. The van der Waals surface area contributed by atoms with Gasteiger partial charge in [0.2, 0.25) is 5.91 Å². The third kappa shape index (κ3) is 8.60. The Labute approximate surface area is 177 Å². The zero-order valence-electron chi connectivity index (χ0n) is 16.9. The van der Waals surface area contributed by atoms with Gasteiger partial charge in [0.25, 0.3) is 5.91 Å². The van der Waals surface area contributed by atoms with E-state index in [-0.39, 0.29) is 18.4 Å². The summed E-state index contributed by atoms with van der Waals surface area (Å²) in [5, 5.41) is 7.75. The van der Waals surface area contributed by atoms with E-state index < -0.39 is 0 Å². The molecule has 6 nitrogen and oxygen atoms in total. The van der Waals surface area contributed by atoms with Gasteiger partial charge in [-0.2, -0.15) is 5.10 Å². The molecule has 1 heterocycles. The average Bonchev–Trinajstić information content (AvgIpc) is 2.72. The average molecular weight is 417 g/mol. The number of hydrogen-bond donors (Lipinski definition) is 2. The maximum atomic E-state index is 11.8. The van der Waals surface area contributed by atoms with Gasteiger partial charge in [0.1, 0.15) is 5.15 Å². The van der Waals surface area contributed by atoms with Crippen molar-refractivity contribution in [2.24, 2.45) is 5.10 Å². The summed E-state index contributed by atoms with van der Waals surface area (Å²) in [6.45, 7) is 2.10. The van der Waals surface area contributed by atoms with Crippen LogP contribution in [0.1, 0.15) is 63.9 Å². The second-order valence-electron chi connectivity index (χ2n) is 7.00. The van der Waals surface area contributed by atoms with Crippen LogP contribution in [0.15, 0.2) is 35.4 Å². The molecule has 2 aromatic rings. The molecule has 0 aliphatic rings. The molecule has 2 amide bonds. The summed E-state index contributed by atoms with van der Waals surface area (Å²) in [6, 6.07) is 9.45. The first-order valence-electron chi connectivity index (χ1n) is 10.2. The van der Waals surface area contributed by atoms with Gasteiger partial charge >= 0.3 is 0 Å². The number of carbonyl (C=O) groups excluding carboxylic acids is 2. The van der Waals surface area contributed by atoms with Gasteiger partial charge in [-0.1, -0.05) is 75.2 Å². The summed E-state index contributed by atoms with van der Waals surface area (Å²) < 4.78 is 0. The van der Waals surface area contributed by atoms with Gasteiger partial charge in [0, 0.05) is 17.4 Å². The second-order valence-corrected chi connectivity index (χ2v) is 7.36. The van der Waals surface area contributed by atoms with Crippen LogP contribution in [0.2, 0.25) is 5.15 Å². The smallest absolute Gasteiger partial charge is 0.259 e. The lowest BCUT2D eigenvalue weighted by molar-refractivity contribution is -0.126. The molecule has 29 heavy (non-hydrogen) atoms. The molecule has 0 unspecified atom stereocenters. The molecule has 0 saturated carbocycles. The Bertz CT molecular complexity index is 839. The molecule has 0 saturated heterocycles. The predicted octanol–water partition coefficient (Wildman–Crippen LogP) is 4.60. The normalized spacial score (nSPS) is 11.1. The van der Waals surface area contributed by atoms with Gasteiger partial charge in [-0.3, -0.25) is 9.59 Å². The number of hydrazone groups is 1. The van der Waals surface area contributed by atoms with Gasteiger partial charge in [-0.25, -0.2) is 10.4 Å². The fourth-order valence-corrected chi connectivity index (χ4v) is 3.12. The molecule has 1 aromatic heterocycles. The zero-order valence-corrected chi connectivity index (χ0v) is 17.7. The Balaban J connectivity index is 1.65. The summed E-state index contributed by atoms with van der Waals surface area (Å²) in [6.07, 6.45) is 9.97. The molecule has 0 radical (unpaired) electrons. The second kappa shape index (κ2) is 12.9. The van der Waals surface area contributed by atoms with Crippen LogP contribution in [0, 0.1) is 0 Å². The summed E-state index contributed by atoms with van der Waals surface area (Å²) in [4.78, 5) is 27.9. The SMILES string of the molecule is CCCCCCCCCC(=O)NCC(=O)N/N=C/c1cc2ccccc2nc1Cl. The number of amides is 2. The predicted molar refractivity (Wildman–Crippen MR) is 118 cm³/mol. The molecular weight excluding hydrogens is 388 g/mol. The number of carbonyl (C=O) groups is 2. The Morgan fingerprint density at radius 3 is 2.59 bits per heavy atom. The summed E-state index contributed by atoms with van der Waals surface area (Å²) in [5.41, 5.74) is 3.79. The molecule has 0 atom stereocenters. The standard InChI is InChI=1S/C22H29ClN4O2/c1-2-3-4-5-6-7-8-13-20(28)24-16-21(29)27-25-15-18-14-17-11-9-10-12-19(17)26-22(18)23/h9-12,14-15H,2-8,13,16H2,1H3,(H,24,28)(H,27,29)/b25-15+. The molecule has 0 bridgehead atoms. The van der Waals surface area contributed by atoms with Crippen molar-refractivity contribution in [1.29, 1.82) is 0 Å². The zero-order chi connectivity index (χ0) is 20.9. The van der Waals surface area contributed by atoms with Crippen molar-refractivity contribution in [3.8, 4) is 0 Å². The van der Waals surface area contributed by atoms with E-state index >= 15 is 0 Å². The maximum absolute atomic E-state index is 11.8. The largest absolute Gasteiger partial charge is 0.347 e. The number of pyridine rings is 1. The van der Waals surface area contributed by atoms with E-state index in [0.717, 1.165) is 30.2 Å². The van der Waals surface area contributed by atoms with E-state index in [1.807, 2.05) is 30.3 Å². The van der Waals surface area contributed by atoms with Crippen LogP contribution in [-0.2, 0) is 9.59 Å². The van der Waals surface area contributed by atoms with Crippen molar-refractivity contribution in [2.75, 3.05) is 6.54 Å². The Morgan fingerprint density at radius 2 is 1.79 bits per heavy atom. The van der Waals surface area contributed by atoms with Crippen molar-refractivity contribution < 1.29 is 9.59 Å². The highest BCUT2D eigenvalue weighted by Gasteiger charge is 2.06. The van der Waals surface area contributed by atoms with Crippen LogP contribution in [0.3, 0.4) is 0 Å². The molecular formula is C22H29ClN4O2. The Hall–Kier alpha value is -2.47. The summed E-state index contributed by atoms with van der Waals surface area (Å²) >= 11 is 6.14. The Morgan fingerprint density at radius 1 is 1.07 bits per heavy atom. The topological polar surface area (TPSA) is 83.5 Å². The number of halogens is 1. The lowest BCUT2D eigenvalue weighted by Crippen LogP contribution is -2.34. The Kier molecular flexibility index (Phi) is 10.1. The molecule has 1 aromatic carbocycles. The van der Waals surface area contributed by atoms with Gasteiger partial charge in [0.15, 0.2) is 0 Å². The first kappa shape index (κ1) is 22.8. The fraction of sp³-hybridized carbons (Fsp3) is 0.455. The van der Waals surface area contributed by atoms with E-state index in [0.29, 0.717) is 17.1 Å². The minimum atomic E-state index is -0.390. The van der Waals surface area contributed by atoms with Crippen LogP contribution in [-0.4, -0.2) is 29.6 Å². The monoisotopic (exact) mass is 416 g/mol. The highest BCUT2D eigenvalue weighted by Crippen LogP contribution is 2.18. The van der Waals surface area contributed by atoms with E-state index in [1.54, 1.807) is 0 Å². The minimum Gasteiger partial charge on any atom is -0.347 e. The fourth-order valence-electron chi connectivity index (χ4n) is 2.92. The van der Waals surface area contributed by atoms with Crippen LogP contribution in [0.4, 0.5) is 0 Å². The van der Waals surface area contributed by atoms with E-state index in [2.05, 4.69) is 27.8 Å². The van der Waals surface area contributed by atoms with Crippen molar-refractivity contribution in [3.63, 3.8) is 0 Å². The van der Waals surface area contributed by atoms with Crippen molar-refractivity contribution in [1.82, 2.24) is 15.7 Å². The number of hydrogen-bond acceptors (Lipinski definition) is 4. The first-order chi connectivity index (χ1) is 14.1. The summed E-state index contributed by atoms with van der Waals surface area (Å²) in [7, 11) is 0. The van der Waals surface area contributed by atoms with Crippen LogP contribution in [0.5, 0.6) is 0 Å². The van der Waals surface area contributed by atoms with Crippen LogP contribution in [0.25, 0.3) is 10.9 Å². The van der Waals surface area contributed by atoms with Gasteiger partial charge in [-0.05, 0) is 18.6 Å². The number of nitrogens with one attached hydrogen (secondary N) is 2. The molecule has 0 aliphatic carbocycles. The number of benzene rings is 1. The summed E-state index contributed by atoms with van der Waals surface area (Å²) in [5.74, 6) is -0.501. The molecule has 156 valence electrons. The number of para-hydroxylation sites is 1. The van der Waals surface area contributed by atoms with Gasteiger partial charge < -0.3 is 5.32 Å².